The van der Waals surface area contributed by atoms with E-state index in [1.54, 1.807) is 0 Å². The molecule has 0 spiro atoms. The third-order valence-electron chi connectivity index (χ3n) is 4.14. The average molecular weight is 312 g/mol. The summed E-state index contributed by atoms with van der Waals surface area (Å²) in [6, 6.07) is 4.13. The molecule has 0 radical (unpaired) electrons. The molecule has 2 rings (SSSR count). The average Bonchev–Trinajstić information content (AvgIpc) is 2.33. The highest BCUT2D eigenvalue weighted by atomic mass is 79.9. The minimum atomic E-state index is 0.343. The Morgan fingerprint density at radius 2 is 2.06 bits per heavy atom. The van der Waals surface area contributed by atoms with Gasteiger partial charge < -0.3 is 9.80 Å². The molecule has 3 nitrogen and oxygen atoms in total. The lowest BCUT2D eigenvalue weighted by Crippen LogP contribution is -2.57. The number of halogens is 1. The van der Waals surface area contributed by atoms with E-state index < -0.39 is 0 Å². The number of nitrogens with zero attached hydrogens (tertiary/aromatic N) is 3. The molecule has 0 aliphatic heterocycles. The number of rotatable bonds is 5. The number of aromatic nitrogens is 1. The summed E-state index contributed by atoms with van der Waals surface area (Å²) in [5, 5.41) is 0.857. The van der Waals surface area contributed by atoms with Gasteiger partial charge in [0, 0.05) is 36.2 Å². The molecule has 0 atom stereocenters. The van der Waals surface area contributed by atoms with E-state index in [2.05, 4.69) is 57.9 Å². The molecule has 0 aromatic carbocycles. The molecule has 0 unspecified atom stereocenters. The molecular weight excluding hydrogens is 290 g/mol. The van der Waals surface area contributed by atoms with E-state index in [1.165, 1.54) is 24.8 Å². The third kappa shape index (κ3) is 2.54. The second-order valence-corrected chi connectivity index (χ2v) is 6.01. The lowest BCUT2D eigenvalue weighted by atomic mass is 9.75. The van der Waals surface area contributed by atoms with E-state index in [0.717, 1.165) is 17.7 Å². The third-order valence-corrected chi connectivity index (χ3v) is 4.74. The van der Waals surface area contributed by atoms with Crippen LogP contribution in [0.5, 0.6) is 0 Å². The van der Waals surface area contributed by atoms with Gasteiger partial charge in [-0.3, -0.25) is 0 Å². The van der Waals surface area contributed by atoms with Crippen LogP contribution in [0.3, 0.4) is 0 Å². The highest BCUT2D eigenvalue weighted by Crippen LogP contribution is 2.37. The Hall–Kier alpha value is -0.610. The second kappa shape index (κ2) is 5.57. The molecule has 1 fully saturated rings. The maximum atomic E-state index is 4.53. The van der Waals surface area contributed by atoms with Gasteiger partial charge in [-0.15, -0.1) is 0 Å². The Kier molecular flexibility index (Phi) is 4.28. The number of hydrogen-bond acceptors (Lipinski definition) is 3. The fraction of sp³-hybridized carbons (Fsp3) is 0.643. The normalized spacial score (nSPS) is 17.6. The first-order valence-corrected chi connectivity index (χ1v) is 7.60. The number of pyridine rings is 1. The van der Waals surface area contributed by atoms with Crippen LogP contribution in [0.4, 0.5) is 5.82 Å². The fourth-order valence-electron chi connectivity index (χ4n) is 2.73. The SMILES string of the molecule is CN(CC1(N(C)C)CCC1)c1ncccc1CBr. The minimum absolute atomic E-state index is 0.343. The summed E-state index contributed by atoms with van der Waals surface area (Å²) in [5.74, 6) is 1.10. The van der Waals surface area contributed by atoms with Gasteiger partial charge in [0.2, 0.25) is 0 Å². The predicted molar refractivity (Wildman–Crippen MR) is 80.4 cm³/mol. The van der Waals surface area contributed by atoms with Crippen molar-refractivity contribution < 1.29 is 0 Å². The predicted octanol–water partition coefficient (Wildman–Crippen LogP) is 2.90. The van der Waals surface area contributed by atoms with E-state index >= 15 is 0 Å². The van der Waals surface area contributed by atoms with Crippen LogP contribution in [0.15, 0.2) is 18.3 Å². The molecular formula is C14H22BrN3. The smallest absolute Gasteiger partial charge is 0.132 e. The van der Waals surface area contributed by atoms with Crippen molar-refractivity contribution >= 4 is 21.7 Å². The second-order valence-electron chi connectivity index (χ2n) is 5.45. The standard InChI is InChI=1S/C14H22BrN3/c1-17(2)14(7-5-8-14)11-18(3)13-12(10-15)6-4-9-16-13/h4,6,9H,5,7-8,10-11H2,1-3H3. The van der Waals surface area contributed by atoms with E-state index in [9.17, 15) is 0 Å². The highest BCUT2D eigenvalue weighted by Gasteiger charge is 2.40. The summed E-state index contributed by atoms with van der Waals surface area (Å²) >= 11 is 3.54. The summed E-state index contributed by atoms with van der Waals surface area (Å²) in [4.78, 5) is 9.21. The van der Waals surface area contributed by atoms with Crippen LogP contribution in [-0.4, -0.2) is 43.1 Å². The lowest BCUT2D eigenvalue weighted by molar-refractivity contribution is 0.0681. The van der Waals surface area contributed by atoms with Crippen molar-refractivity contribution in [2.24, 2.45) is 0 Å². The molecule has 0 N–H and O–H groups in total. The first-order chi connectivity index (χ1) is 8.59. The molecule has 0 saturated heterocycles. The Labute approximate surface area is 118 Å². The lowest BCUT2D eigenvalue weighted by Gasteiger charge is -2.49. The summed E-state index contributed by atoms with van der Waals surface area (Å²) in [5.41, 5.74) is 1.60. The maximum absolute atomic E-state index is 4.53. The van der Waals surface area contributed by atoms with Gasteiger partial charge in [0.1, 0.15) is 5.82 Å². The first kappa shape index (κ1) is 13.8. The van der Waals surface area contributed by atoms with Crippen molar-refractivity contribution in [2.45, 2.75) is 30.1 Å². The molecule has 100 valence electrons. The molecule has 1 heterocycles. The zero-order chi connectivity index (χ0) is 13.2. The molecule has 1 aliphatic carbocycles. The number of anilines is 1. The van der Waals surface area contributed by atoms with Crippen LogP contribution in [0.25, 0.3) is 0 Å². The molecule has 1 aliphatic rings. The molecule has 4 heteroatoms. The molecule has 0 bridgehead atoms. The van der Waals surface area contributed by atoms with Crippen LogP contribution in [0.2, 0.25) is 0 Å². The molecule has 18 heavy (non-hydrogen) atoms. The Morgan fingerprint density at radius 1 is 1.33 bits per heavy atom. The zero-order valence-corrected chi connectivity index (χ0v) is 13.1. The summed E-state index contributed by atoms with van der Waals surface area (Å²) in [6.07, 6.45) is 5.81. The van der Waals surface area contributed by atoms with Crippen molar-refractivity contribution in [3.63, 3.8) is 0 Å². The van der Waals surface area contributed by atoms with Crippen molar-refractivity contribution in [1.29, 1.82) is 0 Å². The van der Waals surface area contributed by atoms with Gasteiger partial charge in [-0.2, -0.15) is 0 Å². The summed E-state index contributed by atoms with van der Waals surface area (Å²) < 4.78 is 0. The van der Waals surface area contributed by atoms with Gasteiger partial charge in [0.25, 0.3) is 0 Å². The van der Waals surface area contributed by atoms with Crippen molar-refractivity contribution in [3.8, 4) is 0 Å². The largest absolute Gasteiger partial charge is 0.358 e. The Morgan fingerprint density at radius 3 is 2.56 bits per heavy atom. The van der Waals surface area contributed by atoms with Gasteiger partial charge in [-0.25, -0.2) is 4.98 Å². The van der Waals surface area contributed by atoms with E-state index in [4.69, 9.17) is 0 Å². The van der Waals surface area contributed by atoms with Crippen molar-refractivity contribution in [2.75, 3.05) is 32.6 Å². The zero-order valence-electron chi connectivity index (χ0n) is 11.5. The van der Waals surface area contributed by atoms with Crippen molar-refractivity contribution in [1.82, 2.24) is 9.88 Å². The van der Waals surface area contributed by atoms with Gasteiger partial charge in [0.05, 0.1) is 0 Å². The maximum Gasteiger partial charge on any atom is 0.132 e. The molecule has 0 amide bonds. The van der Waals surface area contributed by atoms with Crippen molar-refractivity contribution in [3.05, 3.63) is 23.9 Å². The molecule has 1 saturated carbocycles. The van der Waals surface area contributed by atoms with Gasteiger partial charge in [-0.05, 0) is 39.4 Å². The van der Waals surface area contributed by atoms with E-state index in [-0.39, 0.29) is 0 Å². The van der Waals surface area contributed by atoms with Crippen LogP contribution in [-0.2, 0) is 5.33 Å². The minimum Gasteiger partial charge on any atom is -0.358 e. The quantitative estimate of drug-likeness (QED) is 0.779. The Bertz CT molecular complexity index is 402. The monoisotopic (exact) mass is 311 g/mol. The summed E-state index contributed by atoms with van der Waals surface area (Å²) in [7, 11) is 6.53. The number of hydrogen-bond donors (Lipinski definition) is 0. The Balaban J connectivity index is 2.14. The molecule has 1 aromatic heterocycles. The molecule has 1 aromatic rings. The van der Waals surface area contributed by atoms with Gasteiger partial charge in [0.15, 0.2) is 0 Å². The first-order valence-electron chi connectivity index (χ1n) is 6.47. The van der Waals surface area contributed by atoms with Crippen LogP contribution in [0, 0.1) is 0 Å². The topological polar surface area (TPSA) is 19.4 Å². The van der Waals surface area contributed by atoms with Crippen LogP contribution in [0.1, 0.15) is 24.8 Å². The number of likely N-dealkylation sites (N-methyl/N-ethyl adjacent to an activating group) is 2. The highest BCUT2D eigenvalue weighted by molar-refractivity contribution is 9.08. The van der Waals surface area contributed by atoms with Gasteiger partial charge >= 0.3 is 0 Å². The fourth-order valence-corrected chi connectivity index (χ4v) is 3.16. The van der Waals surface area contributed by atoms with Crippen LogP contribution >= 0.6 is 15.9 Å². The number of alkyl halides is 1. The van der Waals surface area contributed by atoms with Crippen LogP contribution < -0.4 is 4.90 Å². The van der Waals surface area contributed by atoms with E-state index in [0.29, 0.717) is 5.54 Å². The van der Waals surface area contributed by atoms with Gasteiger partial charge in [-0.1, -0.05) is 22.0 Å². The summed E-state index contributed by atoms with van der Waals surface area (Å²) in [6.45, 7) is 1.05. The van der Waals surface area contributed by atoms with E-state index in [1.807, 2.05) is 12.3 Å².